The van der Waals surface area contributed by atoms with Gasteiger partial charge in [0.15, 0.2) is 0 Å². The van der Waals surface area contributed by atoms with Gasteiger partial charge in [0, 0.05) is 32.2 Å². The Balaban J connectivity index is 1.74. The highest BCUT2D eigenvalue weighted by Gasteiger charge is 2.24. The third-order valence-electron chi connectivity index (χ3n) is 4.52. The molecule has 1 aromatic heterocycles. The van der Waals surface area contributed by atoms with Crippen molar-refractivity contribution in [3.8, 4) is 11.8 Å². The molecule has 1 atom stereocenters. The van der Waals surface area contributed by atoms with Crippen molar-refractivity contribution in [3.63, 3.8) is 0 Å². The minimum Gasteiger partial charge on any atom is -0.481 e. The lowest BCUT2D eigenvalue weighted by molar-refractivity contribution is 0.268. The van der Waals surface area contributed by atoms with Crippen molar-refractivity contribution in [1.29, 1.82) is 0 Å². The van der Waals surface area contributed by atoms with Gasteiger partial charge in [-0.15, -0.1) is 0 Å². The Kier molecular flexibility index (Phi) is 5.71. The fourth-order valence-electron chi connectivity index (χ4n) is 3.26. The van der Waals surface area contributed by atoms with Gasteiger partial charge >= 0.3 is 0 Å². The zero-order chi connectivity index (χ0) is 17.6. The first kappa shape index (κ1) is 17.5. The Morgan fingerprint density at radius 2 is 1.72 bits per heavy atom. The second kappa shape index (κ2) is 8.16. The van der Waals surface area contributed by atoms with E-state index in [9.17, 15) is 0 Å². The van der Waals surface area contributed by atoms with E-state index in [2.05, 4.69) is 57.0 Å². The minimum absolute atomic E-state index is 0.308. The van der Waals surface area contributed by atoms with Gasteiger partial charge in [-0.25, -0.2) is 0 Å². The number of aromatic nitrogens is 2. The molecule has 3 rings (SSSR count). The molecule has 1 aromatic carbocycles. The molecule has 0 saturated carbocycles. The van der Waals surface area contributed by atoms with E-state index < -0.39 is 0 Å². The molecule has 2 aromatic rings. The highest BCUT2D eigenvalue weighted by atomic mass is 16.5. The SMILES string of the molecule is COc1cc(OC)nc(N2CCCN(Cc3ccccc3)CC2C)n1. The van der Waals surface area contributed by atoms with Crippen LogP contribution < -0.4 is 14.4 Å². The van der Waals surface area contributed by atoms with Crippen LogP contribution in [0.5, 0.6) is 11.8 Å². The molecule has 1 aliphatic rings. The predicted octanol–water partition coefficient (Wildman–Crippen LogP) is 2.59. The third kappa shape index (κ3) is 4.39. The maximum absolute atomic E-state index is 5.29. The third-order valence-corrected chi connectivity index (χ3v) is 4.52. The average Bonchev–Trinajstić information content (AvgIpc) is 2.83. The van der Waals surface area contributed by atoms with Gasteiger partial charge < -0.3 is 14.4 Å². The van der Waals surface area contributed by atoms with Gasteiger partial charge in [0.05, 0.1) is 20.3 Å². The van der Waals surface area contributed by atoms with Crippen LogP contribution in [0.15, 0.2) is 36.4 Å². The molecule has 1 fully saturated rings. The summed E-state index contributed by atoms with van der Waals surface area (Å²) in [6.45, 7) is 6.15. The van der Waals surface area contributed by atoms with Crippen molar-refractivity contribution in [1.82, 2.24) is 14.9 Å². The zero-order valence-corrected chi connectivity index (χ0v) is 15.2. The van der Waals surface area contributed by atoms with Crippen LogP contribution in [0.25, 0.3) is 0 Å². The number of rotatable bonds is 5. The van der Waals surface area contributed by atoms with E-state index in [0.717, 1.165) is 32.6 Å². The molecule has 0 aliphatic carbocycles. The van der Waals surface area contributed by atoms with Crippen LogP contribution in [-0.2, 0) is 6.54 Å². The zero-order valence-electron chi connectivity index (χ0n) is 15.2. The van der Waals surface area contributed by atoms with Gasteiger partial charge in [0.1, 0.15) is 0 Å². The monoisotopic (exact) mass is 342 g/mol. The lowest BCUT2D eigenvalue weighted by atomic mass is 10.2. The van der Waals surface area contributed by atoms with Crippen LogP contribution in [0.4, 0.5) is 5.95 Å². The maximum Gasteiger partial charge on any atom is 0.232 e. The Labute approximate surface area is 149 Å². The summed E-state index contributed by atoms with van der Waals surface area (Å²) in [4.78, 5) is 13.8. The largest absolute Gasteiger partial charge is 0.481 e. The van der Waals surface area contributed by atoms with Gasteiger partial charge in [-0.3, -0.25) is 4.90 Å². The smallest absolute Gasteiger partial charge is 0.232 e. The topological polar surface area (TPSA) is 50.7 Å². The van der Waals surface area contributed by atoms with Gasteiger partial charge in [0.2, 0.25) is 17.7 Å². The van der Waals surface area contributed by atoms with Crippen LogP contribution in [-0.4, -0.2) is 54.8 Å². The molecule has 0 radical (unpaired) electrons. The van der Waals surface area contributed by atoms with E-state index in [1.807, 2.05) is 0 Å². The number of methoxy groups -OCH3 is 2. The summed E-state index contributed by atoms with van der Waals surface area (Å²) in [5, 5.41) is 0. The summed E-state index contributed by atoms with van der Waals surface area (Å²) < 4.78 is 10.6. The maximum atomic E-state index is 5.29. The molecule has 0 amide bonds. The summed E-state index contributed by atoms with van der Waals surface area (Å²) >= 11 is 0. The first-order valence-corrected chi connectivity index (χ1v) is 8.69. The van der Waals surface area contributed by atoms with Crippen molar-refractivity contribution in [2.75, 3.05) is 38.8 Å². The van der Waals surface area contributed by atoms with Crippen LogP contribution in [0.2, 0.25) is 0 Å². The molecule has 6 heteroatoms. The number of hydrogen-bond acceptors (Lipinski definition) is 6. The van der Waals surface area contributed by atoms with Crippen molar-refractivity contribution in [2.24, 2.45) is 0 Å². The minimum atomic E-state index is 0.308. The molecule has 0 bridgehead atoms. The molecule has 1 saturated heterocycles. The number of benzene rings is 1. The molecule has 6 nitrogen and oxygen atoms in total. The molecule has 0 spiro atoms. The predicted molar refractivity (Wildman–Crippen MR) is 98.3 cm³/mol. The second-order valence-corrected chi connectivity index (χ2v) is 6.37. The van der Waals surface area contributed by atoms with E-state index in [4.69, 9.17) is 9.47 Å². The highest BCUT2D eigenvalue weighted by molar-refractivity contribution is 5.38. The van der Waals surface area contributed by atoms with E-state index in [-0.39, 0.29) is 0 Å². The molecule has 25 heavy (non-hydrogen) atoms. The summed E-state index contributed by atoms with van der Waals surface area (Å²) in [7, 11) is 3.22. The van der Waals surface area contributed by atoms with Crippen molar-refractivity contribution in [2.45, 2.75) is 25.9 Å². The Bertz CT molecular complexity index is 658. The van der Waals surface area contributed by atoms with E-state index in [1.165, 1.54) is 5.56 Å². The number of nitrogens with zero attached hydrogens (tertiary/aromatic N) is 4. The Morgan fingerprint density at radius 1 is 1.04 bits per heavy atom. The molecule has 134 valence electrons. The lowest BCUT2D eigenvalue weighted by Crippen LogP contribution is -2.39. The first-order valence-electron chi connectivity index (χ1n) is 8.69. The van der Waals surface area contributed by atoms with Crippen molar-refractivity contribution in [3.05, 3.63) is 42.0 Å². The standard InChI is InChI=1S/C19H26N4O2/c1-15-13-22(14-16-8-5-4-6-9-16)10-7-11-23(15)19-20-17(24-2)12-18(21-19)25-3/h4-6,8-9,12,15H,7,10-11,13-14H2,1-3H3. The lowest BCUT2D eigenvalue weighted by Gasteiger charge is -2.29. The normalized spacial score (nSPS) is 18.7. The summed E-state index contributed by atoms with van der Waals surface area (Å²) in [6, 6.07) is 12.6. The van der Waals surface area contributed by atoms with Crippen molar-refractivity contribution < 1.29 is 9.47 Å². The van der Waals surface area contributed by atoms with Crippen LogP contribution in [0.1, 0.15) is 18.9 Å². The quantitative estimate of drug-likeness (QED) is 0.832. The summed E-state index contributed by atoms with van der Waals surface area (Å²) in [5.41, 5.74) is 1.35. The molecular weight excluding hydrogens is 316 g/mol. The van der Waals surface area contributed by atoms with Crippen LogP contribution in [0.3, 0.4) is 0 Å². The Morgan fingerprint density at radius 3 is 2.36 bits per heavy atom. The molecule has 1 aliphatic heterocycles. The van der Waals surface area contributed by atoms with Gasteiger partial charge in [-0.1, -0.05) is 30.3 Å². The van der Waals surface area contributed by atoms with Crippen molar-refractivity contribution >= 4 is 5.95 Å². The first-order chi connectivity index (χ1) is 12.2. The van der Waals surface area contributed by atoms with E-state index in [1.54, 1.807) is 20.3 Å². The van der Waals surface area contributed by atoms with Gasteiger partial charge in [0.25, 0.3) is 0 Å². The summed E-state index contributed by atoms with van der Waals surface area (Å²) in [6.07, 6.45) is 1.07. The molecule has 2 heterocycles. The molecule has 1 unspecified atom stereocenters. The van der Waals surface area contributed by atoms with Gasteiger partial charge in [-0.05, 0) is 18.9 Å². The fourth-order valence-corrected chi connectivity index (χ4v) is 3.26. The van der Waals surface area contributed by atoms with Crippen LogP contribution in [0, 0.1) is 0 Å². The number of ether oxygens (including phenoxy) is 2. The van der Waals surface area contributed by atoms with Crippen LogP contribution >= 0.6 is 0 Å². The molecular formula is C19H26N4O2. The average molecular weight is 342 g/mol. The fraction of sp³-hybridized carbons (Fsp3) is 0.474. The number of hydrogen-bond donors (Lipinski definition) is 0. The number of anilines is 1. The summed E-state index contributed by atoms with van der Waals surface area (Å²) in [5.74, 6) is 1.73. The highest BCUT2D eigenvalue weighted by Crippen LogP contribution is 2.23. The second-order valence-electron chi connectivity index (χ2n) is 6.37. The van der Waals surface area contributed by atoms with E-state index in [0.29, 0.717) is 23.8 Å². The molecule has 0 N–H and O–H groups in total. The Hall–Kier alpha value is -2.34. The van der Waals surface area contributed by atoms with Gasteiger partial charge in [-0.2, -0.15) is 9.97 Å². The van der Waals surface area contributed by atoms with E-state index >= 15 is 0 Å².